The summed E-state index contributed by atoms with van der Waals surface area (Å²) in [6, 6.07) is 6.70. The summed E-state index contributed by atoms with van der Waals surface area (Å²) in [6.07, 6.45) is 3.11. The van der Waals surface area contributed by atoms with E-state index in [0.717, 1.165) is 19.3 Å². The van der Waals surface area contributed by atoms with Crippen molar-refractivity contribution in [3.8, 4) is 0 Å². The molecule has 2 atom stereocenters. The highest BCUT2D eigenvalue weighted by atomic mass is 19.1. The zero-order valence-corrected chi connectivity index (χ0v) is 8.46. The lowest BCUT2D eigenvalue weighted by Gasteiger charge is -2.09. The largest absolute Gasteiger partial charge is 0.325 e. The van der Waals surface area contributed by atoms with Crippen LogP contribution in [0.15, 0.2) is 24.3 Å². The molecule has 1 aromatic rings. The van der Waals surface area contributed by atoms with E-state index in [2.05, 4.69) is 6.92 Å². The number of halogens is 1. The Balaban J connectivity index is 1.89. The zero-order chi connectivity index (χ0) is 10.2. The topological polar surface area (TPSA) is 26.0 Å². The molecular formula is C12H16FN. The van der Waals surface area contributed by atoms with Gasteiger partial charge in [0.05, 0.1) is 0 Å². The average molecular weight is 193 g/mol. The van der Waals surface area contributed by atoms with Gasteiger partial charge in [-0.3, -0.25) is 0 Å². The third kappa shape index (κ3) is 1.95. The van der Waals surface area contributed by atoms with Crippen molar-refractivity contribution in [3.63, 3.8) is 0 Å². The first-order valence-electron chi connectivity index (χ1n) is 5.13. The molecule has 1 aliphatic carbocycles. The first-order chi connectivity index (χ1) is 6.60. The van der Waals surface area contributed by atoms with Gasteiger partial charge in [-0.25, -0.2) is 4.39 Å². The summed E-state index contributed by atoms with van der Waals surface area (Å²) >= 11 is 0. The molecule has 76 valence electrons. The van der Waals surface area contributed by atoms with Crippen LogP contribution in [-0.2, 0) is 6.42 Å². The Hall–Kier alpha value is -0.890. The summed E-state index contributed by atoms with van der Waals surface area (Å²) in [5.74, 6) is 0.485. The van der Waals surface area contributed by atoms with Crippen molar-refractivity contribution in [2.24, 2.45) is 11.7 Å². The molecule has 2 rings (SSSR count). The number of hydrogen-bond donors (Lipinski definition) is 1. The third-order valence-corrected chi connectivity index (χ3v) is 3.30. The summed E-state index contributed by atoms with van der Waals surface area (Å²) in [7, 11) is 0. The number of aryl methyl sites for hydroxylation is 1. The first-order valence-corrected chi connectivity index (χ1v) is 5.13. The third-order valence-electron chi connectivity index (χ3n) is 3.30. The standard InChI is InChI=1S/C12H16FN/c1-9-8-12(9,14)7-6-10-2-4-11(13)5-3-10/h2-5,9H,6-8,14H2,1H3. The molecule has 1 aromatic carbocycles. The molecule has 0 aromatic heterocycles. The van der Waals surface area contributed by atoms with Crippen LogP contribution >= 0.6 is 0 Å². The SMILES string of the molecule is CC1CC1(N)CCc1ccc(F)cc1. The van der Waals surface area contributed by atoms with Crippen LogP contribution in [-0.4, -0.2) is 5.54 Å². The zero-order valence-electron chi connectivity index (χ0n) is 8.46. The fraction of sp³-hybridized carbons (Fsp3) is 0.500. The van der Waals surface area contributed by atoms with Gasteiger partial charge < -0.3 is 5.73 Å². The van der Waals surface area contributed by atoms with E-state index < -0.39 is 0 Å². The highest BCUT2D eigenvalue weighted by molar-refractivity contribution is 5.18. The second-order valence-corrected chi connectivity index (χ2v) is 4.46. The van der Waals surface area contributed by atoms with Crippen LogP contribution in [0.25, 0.3) is 0 Å². The maximum atomic E-state index is 12.6. The lowest BCUT2D eigenvalue weighted by atomic mass is 10.0. The molecule has 0 heterocycles. The van der Waals surface area contributed by atoms with Gasteiger partial charge in [0.15, 0.2) is 0 Å². The Morgan fingerprint density at radius 2 is 2.00 bits per heavy atom. The normalized spacial score (nSPS) is 30.4. The van der Waals surface area contributed by atoms with Crippen molar-refractivity contribution in [3.05, 3.63) is 35.6 Å². The molecule has 0 saturated heterocycles. The van der Waals surface area contributed by atoms with Crippen molar-refractivity contribution in [1.29, 1.82) is 0 Å². The maximum absolute atomic E-state index is 12.6. The Labute approximate surface area is 84.1 Å². The predicted molar refractivity (Wildman–Crippen MR) is 55.4 cm³/mol. The number of benzene rings is 1. The molecule has 0 bridgehead atoms. The van der Waals surface area contributed by atoms with Crippen LogP contribution < -0.4 is 5.73 Å². The summed E-state index contributed by atoms with van der Waals surface area (Å²) in [4.78, 5) is 0. The van der Waals surface area contributed by atoms with E-state index in [1.54, 1.807) is 0 Å². The van der Waals surface area contributed by atoms with E-state index >= 15 is 0 Å². The van der Waals surface area contributed by atoms with Crippen molar-refractivity contribution in [1.82, 2.24) is 0 Å². The maximum Gasteiger partial charge on any atom is 0.123 e. The first kappa shape index (κ1) is 9.66. The molecule has 14 heavy (non-hydrogen) atoms. The predicted octanol–water partition coefficient (Wildman–Crippen LogP) is 2.50. The Morgan fingerprint density at radius 3 is 2.50 bits per heavy atom. The molecule has 1 aliphatic rings. The molecular weight excluding hydrogens is 177 g/mol. The minimum Gasteiger partial charge on any atom is -0.325 e. The van der Waals surface area contributed by atoms with Crippen LogP contribution in [0.4, 0.5) is 4.39 Å². The molecule has 1 fully saturated rings. The second kappa shape index (κ2) is 3.35. The fourth-order valence-electron chi connectivity index (χ4n) is 1.89. The van der Waals surface area contributed by atoms with Gasteiger partial charge in [-0.15, -0.1) is 0 Å². The van der Waals surface area contributed by atoms with Crippen molar-refractivity contribution in [2.75, 3.05) is 0 Å². The number of rotatable bonds is 3. The molecule has 0 spiro atoms. The van der Waals surface area contributed by atoms with Crippen molar-refractivity contribution < 1.29 is 4.39 Å². The summed E-state index contributed by atoms with van der Waals surface area (Å²) in [5.41, 5.74) is 7.33. The molecule has 0 amide bonds. The highest BCUT2D eigenvalue weighted by Gasteiger charge is 2.46. The molecule has 2 N–H and O–H groups in total. The molecule has 1 saturated carbocycles. The fourth-order valence-corrected chi connectivity index (χ4v) is 1.89. The van der Waals surface area contributed by atoms with E-state index in [9.17, 15) is 4.39 Å². The smallest absolute Gasteiger partial charge is 0.123 e. The number of nitrogens with two attached hydrogens (primary N) is 1. The Kier molecular flexibility index (Phi) is 2.31. The van der Waals surface area contributed by atoms with Crippen LogP contribution in [0.3, 0.4) is 0 Å². The average Bonchev–Trinajstić information content (AvgIpc) is 2.74. The van der Waals surface area contributed by atoms with Crippen LogP contribution in [0.5, 0.6) is 0 Å². The highest BCUT2D eigenvalue weighted by Crippen LogP contribution is 2.43. The molecule has 0 aliphatic heterocycles. The lowest BCUT2D eigenvalue weighted by molar-refractivity contribution is 0.564. The van der Waals surface area contributed by atoms with Crippen LogP contribution in [0, 0.1) is 11.7 Å². The van der Waals surface area contributed by atoms with Crippen molar-refractivity contribution in [2.45, 2.75) is 31.7 Å². The van der Waals surface area contributed by atoms with E-state index in [1.807, 2.05) is 12.1 Å². The molecule has 2 heteroatoms. The monoisotopic (exact) mass is 193 g/mol. The van der Waals surface area contributed by atoms with Gasteiger partial charge in [0, 0.05) is 5.54 Å². The summed E-state index contributed by atoms with van der Waals surface area (Å²) in [6.45, 7) is 2.19. The van der Waals surface area contributed by atoms with E-state index in [-0.39, 0.29) is 11.4 Å². The summed E-state index contributed by atoms with van der Waals surface area (Å²) < 4.78 is 12.6. The van der Waals surface area contributed by atoms with Crippen molar-refractivity contribution >= 4 is 0 Å². The Morgan fingerprint density at radius 1 is 1.43 bits per heavy atom. The van der Waals surface area contributed by atoms with E-state index in [1.165, 1.54) is 17.7 Å². The van der Waals surface area contributed by atoms with Gasteiger partial charge in [0.2, 0.25) is 0 Å². The molecule has 0 radical (unpaired) electrons. The summed E-state index contributed by atoms with van der Waals surface area (Å²) in [5, 5.41) is 0. The Bertz CT molecular complexity index is 320. The van der Waals surface area contributed by atoms with Gasteiger partial charge in [-0.2, -0.15) is 0 Å². The van der Waals surface area contributed by atoms with Gasteiger partial charge >= 0.3 is 0 Å². The molecule has 1 nitrogen and oxygen atoms in total. The van der Waals surface area contributed by atoms with Crippen LogP contribution in [0.1, 0.15) is 25.3 Å². The molecule has 2 unspecified atom stereocenters. The minimum absolute atomic E-state index is 0.0639. The van der Waals surface area contributed by atoms with E-state index in [0.29, 0.717) is 5.92 Å². The van der Waals surface area contributed by atoms with Gasteiger partial charge in [-0.1, -0.05) is 19.1 Å². The van der Waals surface area contributed by atoms with E-state index in [4.69, 9.17) is 5.73 Å². The van der Waals surface area contributed by atoms with Crippen LogP contribution in [0.2, 0.25) is 0 Å². The number of hydrogen-bond acceptors (Lipinski definition) is 1. The second-order valence-electron chi connectivity index (χ2n) is 4.46. The quantitative estimate of drug-likeness (QED) is 0.784. The van der Waals surface area contributed by atoms with Gasteiger partial charge in [-0.05, 0) is 42.9 Å². The minimum atomic E-state index is -0.170. The lowest BCUT2D eigenvalue weighted by Crippen LogP contribution is -2.24. The van der Waals surface area contributed by atoms with Gasteiger partial charge in [0.25, 0.3) is 0 Å². The van der Waals surface area contributed by atoms with Gasteiger partial charge in [0.1, 0.15) is 5.82 Å².